The average molecular weight is 468 g/mol. The number of phenolic OH excluding ortho intramolecular Hbond substituents is 1. The predicted molar refractivity (Wildman–Crippen MR) is 125 cm³/mol. The minimum Gasteiger partial charge on any atom is -0.506 e. The van der Waals surface area contributed by atoms with Gasteiger partial charge in [-0.05, 0) is 30.5 Å². The van der Waals surface area contributed by atoms with Gasteiger partial charge < -0.3 is 14.9 Å². The second-order valence-electron chi connectivity index (χ2n) is 7.78. The lowest BCUT2D eigenvalue weighted by atomic mass is 9.96. The van der Waals surface area contributed by atoms with Crippen LogP contribution in [0, 0.1) is 0 Å². The number of anilines is 1. The molecule has 3 aromatic rings. The van der Waals surface area contributed by atoms with Gasteiger partial charge in [0.2, 0.25) is 0 Å². The molecule has 1 aliphatic heterocycles. The van der Waals surface area contributed by atoms with Gasteiger partial charge in [0.25, 0.3) is 11.8 Å². The van der Waals surface area contributed by atoms with E-state index in [1.165, 1.54) is 18.2 Å². The summed E-state index contributed by atoms with van der Waals surface area (Å²) in [7, 11) is 0. The third kappa shape index (κ3) is 3.58. The predicted octanol–water partition coefficient (Wildman–Crippen LogP) is 5.37. The Balaban J connectivity index is 1.87. The standard InChI is InChI=1S/C25H22ClNO6/c1-3-11-33-22-16-8-6-5-7-15(16)21(28)19-20(22)24(30)27(23(19)29)18-10-9-13(12-17(18)26)14(4-2)25(31)32/h5-10,12,14,28H,3-4,11H2,1-2H3,(H,31,32). The number of fused-ring (bicyclic) bond motifs is 2. The Morgan fingerprint density at radius 2 is 1.73 bits per heavy atom. The number of benzene rings is 3. The Labute approximate surface area is 195 Å². The van der Waals surface area contributed by atoms with Crippen molar-refractivity contribution in [2.75, 3.05) is 11.5 Å². The molecule has 8 heteroatoms. The number of halogens is 1. The molecule has 2 N–H and O–H groups in total. The molecule has 3 aromatic carbocycles. The number of carbonyl (C=O) groups is 3. The Morgan fingerprint density at radius 3 is 2.33 bits per heavy atom. The number of hydrogen-bond acceptors (Lipinski definition) is 5. The van der Waals surface area contributed by atoms with Gasteiger partial charge in [-0.2, -0.15) is 0 Å². The number of carboxylic acids is 1. The van der Waals surface area contributed by atoms with E-state index in [1.807, 2.05) is 6.92 Å². The van der Waals surface area contributed by atoms with Gasteiger partial charge in [-0.3, -0.25) is 14.4 Å². The molecule has 4 rings (SSSR count). The van der Waals surface area contributed by atoms with Crippen LogP contribution in [-0.4, -0.2) is 34.6 Å². The number of amides is 2. The molecule has 0 aliphatic carbocycles. The first kappa shape index (κ1) is 22.6. The maximum absolute atomic E-state index is 13.5. The summed E-state index contributed by atoms with van der Waals surface area (Å²) >= 11 is 6.42. The van der Waals surface area contributed by atoms with Gasteiger partial charge in [0.1, 0.15) is 11.5 Å². The molecule has 0 radical (unpaired) electrons. The summed E-state index contributed by atoms with van der Waals surface area (Å²) in [6.45, 7) is 3.99. The highest BCUT2D eigenvalue weighted by atomic mass is 35.5. The maximum Gasteiger partial charge on any atom is 0.310 e. The SMILES string of the molecule is CCCOc1c2c(c(O)c3ccccc13)C(=O)N(c1ccc(C(CC)C(=O)O)cc1Cl)C2=O. The van der Waals surface area contributed by atoms with Gasteiger partial charge in [0.05, 0.1) is 34.4 Å². The Hall–Kier alpha value is -3.58. The van der Waals surface area contributed by atoms with Crippen molar-refractivity contribution in [1.82, 2.24) is 0 Å². The molecule has 1 atom stereocenters. The number of carbonyl (C=O) groups excluding carboxylic acids is 2. The van der Waals surface area contributed by atoms with Gasteiger partial charge in [0, 0.05) is 10.8 Å². The summed E-state index contributed by atoms with van der Waals surface area (Å²) in [6.07, 6.45) is 1.04. The molecule has 0 spiro atoms. The van der Waals surface area contributed by atoms with Crippen LogP contribution >= 0.6 is 11.6 Å². The van der Waals surface area contributed by atoms with Crippen LogP contribution in [0.25, 0.3) is 10.8 Å². The van der Waals surface area contributed by atoms with E-state index in [9.17, 15) is 24.6 Å². The van der Waals surface area contributed by atoms with Crippen molar-refractivity contribution in [3.05, 3.63) is 64.2 Å². The van der Waals surface area contributed by atoms with Crippen LogP contribution in [0.4, 0.5) is 5.69 Å². The smallest absolute Gasteiger partial charge is 0.310 e. The Kier molecular flexibility index (Phi) is 5.99. The molecule has 0 aromatic heterocycles. The van der Waals surface area contributed by atoms with Gasteiger partial charge in [-0.1, -0.05) is 55.8 Å². The van der Waals surface area contributed by atoms with Crippen LogP contribution in [0.3, 0.4) is 0 Å². The van der Waals surface area contributed by atoms with E-state index >= 15 is 0 Å². The fourth-order valence-electron chi connectivity index (χ4n) is 4.16. The molecule has 33 heavy (non-hydrogen) atoms. The van der Waals surface area contributed by atoms with E-state index in [0.717, 1.165) is 4.90 Å². The van der Waals surface area contributed by atoms with E-state index in [-0.39, 0.29) is 33.3 Å². The monoisotopic (exact) mass is 467 g/mol. The van der Waals surface area contributed by atoms with E-state index < -0.39 is 23.7 Å². The van der Waals surface area contributed by atoms with Crippen molar-refractivity contribution in [2.45, 2.75) is 32.6 Å². The number of aromatic hydroxyl groups is 1. The molecule has 1 unspecified atom stereocenters. The minimum atomic E-state index is -0.989. The number of nitrogens with zero attached hydrogens (tertiary/aromatic N) is 1. The second-order valence-corrected chi connectivity index (χ2v) is 8.18. The molecular weight excluding hydrogens is 446 g/mol. The van der Waals surface area contributed by atoms with Crippen molar-refractivity contribution in [2.24, 2.45) is 0 Å². The first-order valence-corrected chi connectivity index (χ1v) is 11.0. The minimum absolute atomic E-state index is 0.0123. The number of aliphatic carboxylic acids is 1. The second kappa shape index (κ2) is 8.75. The number of imide groups is 1. The van der Waals surface area contributed by atoms with Crippen molar-refractivity contribution < 1.29 is 29.3 Å². The molecule has 1 heterocycles. The van der Waals surface area contributed by atoms with E-state index in [1.54, 1.807) is 31.2 Å². The van der Waals surface area contributed by atoms with Crippen LogP contribution < -0.4 is 9.64 Å². The number of rotatable bonds is 7. The lowest BCUT2D eigenvalue weighted by Crippen LogP contribution is -2.29. The van der Waals surface area contributed by atoms with Gasteiger partial charge in [-0.15, -0.1) is 0 Å². The largest absolute Gasteiger partial charge is 0.506 e. The van der Waals surface area contributed by atoms with Crippen LogP contribution in [-0.2, 0) is 4.79 Å². The van der Waals surface area contributed by atoms with Gasteiger partial charge in [-0.25, -0.2) is 4.90 Å². The topological polar surface area (TPSA) is 104 Å². The van der Waals surface area contributed by atoms with Gasteiger partial charge >= 0.3 is 5.97 Å². The molecule has 2 amide bonds. The summed E-state index contributed by atoms with van der Waals surface area (Å²) in [4.78, 5) is 39.3. The molecular formula is C25H22ClNO6. The summed E-state index contributed by atoms with van der Waals surface area (Å²) in [5.74, 6) is -3.19. The van der Waals surface area contributed by atoms with E-state index in [0.29, 0.717) is 35.8 Å². The molecule has 170 valence electrons. The lowest BCUT2D eigenvalue weighted by molar-refractivity contribution is -0.138. The number of ether oxygens (including phenoxy) is 1. The van der Waals surface area contributed by atoms with E-state index in [2.05, 4.69) is 0 Å². The highest BCUT2D eigenvalue weighted by Crippen LogP contribution is 2.46. The van der Waals surface area contributed by atoms with Crippen LogP contribution in [0.1, 0.15) is 58.9 Å². The fraction of sp³-hybridized carbons (Fsp3) is 0.240. The lowest BCUT2D eigenvalue weighted by Gasteiger charge is -2.18. The van der Waals surface area contributed by atoms with Crippen molar-refractivity contribution in [1.29, 1.82) is 0 Å². The summed E-state index contributed by atoms with van der Waals surface area (Å²) < 4.78 is 5.88. The fourth-order valence-corrected chi connectivity index (χ4v) is 4.44. The third-order valence-electron chi connectivity index (χ3n) is 5.75. The highest BCUT2D eigenvalue weighted by molar-refractivity contribution is 6.41. The van der Waals surface area contributed by atoms with Crippen LogP contribution in [0.5, 0.6) is 11.5 Å². The number of phenols is 1. The maximum atomic E-state index is 13.5. The number of hydrogen-bond donors (Lipinski definition) is 2. The Morgan fingerprint density at radius 1 is 1.06 bits per heavy atom. The molecule has 0 bridgehead atoms. The molecule has 0 saturated heterocycles. The first-order valence-electron chi connectivity index (χ1n) is 10.6. The molecule has 1 aliphatic rings. The van der Waals surface area contributed by atoms with Crippen molar-refractivity contribution in [3.63, 3.8) is 0 Å². The quantitative estimate of drug-likeness (QED) is 0.453. The van der Waals surface area contributed by atoms with Gasteiger partial charge in [0.15, 0.2) is 0 Å². The Bertz CT molecular complexity index is 1300. The normalized spacial score (nSPS) is 14.0. The zero-order valence-corrected chi connectivity index (χ0v) is 18.8. The molecule has 7 nitrogen and oxygen atoms in total. The summed E-state index contributed by atoms with van der Waals surface area (Å²) in [6, 6.07) is 11.3. The summed E-state index contributed by atoms with van der Waals surface area (Å²) in [5.41, 5.74) is 0.427. The zero-order chi connectivity index (χ0) is 23.9. The zero-order valence-electron chi connectivity index (χ0n) is 18.1. The first-order chi connectivity index (χ1) is 15.8. The molecule has 0 fully saturated rings. The van der Waals surface area contributed by atoms with E-state index in [4.69, 9.17) is 16.3 Å². The highest BCUT2D eigenvalue weighted by Gasteiger charge is 2.43. The summed E-state index contributed by atoms with van der Waals surface area (Å²) in [5, 5.41) is 21.3. The third-order valence-corrected chi connectivity index (χ3v) is 6.05. The average Bonchev–Trinajstić information content (AvgIpc) is 3.05. The van der Waals surface area contributed by atoms with Crippen molar-refractivity contribution >= 4 is 45.8 Å². The molecule has 0 saturated carbocycles. The van der Waals surface area contributed by atoms with Crippen LogP contribution in [0.15, 0.2) is 42.5 Å². The number of carboxylic acid groups (broad SMARTS) is 1. The van der Waals surface area contributed by atoms with Crippen LogP contribution in [0.2, 0.25) is 5.02 Å². The van der Waals surface area contributed by atoms with Crippen molar-refractivity contribution in [3.8, 4) is 11.5 Å².